The van der Waals surface area contributed by atoms with E-state index in [-0.39, 0.29) is 0 Å². The first-order valence-corrected chi connectivity index (χ1v) is 9.06. The maximum atomic E-state index is 5.86. The lowest BCUT2D eigenvalue weighted by atomic mass is 10.2. The van der Waals surface area contributed by atoms with E-state index < -0.39 is 0 Å². The van der Waals surface area contributed by atoms with Crippen LogP contribution in [0.4, 0.5) is 5.69 Å². The fraction of sp³-hybridized carbons (Fsp3) is 0.217. The van der Waals surface area contributed by atoms with Crippen LogP contribution < -0.4 is 14.8 Å². The fourth-order valence-electron chi connectivity index (χ4n) is 2.62. The van der Waals surface area contributed by atoms with Crippen LogP contribution in [0.25, 0.3) is 0 Å². The van der Waals surface area contributed by atoms with Crippen molar-refractivity contribution in [2.45, 2.75) is 20.0 Å². The van der Waals surface area contributed by atoms with Crippen molar-refractivity contribution in [1.29, 1.82) is 0 Å². The monoisotopic (exact) mass is 347 g/mol. The number of nitrogens with one attached hydrogen (secondary N) is 1. The van der Waals surface area contributed by atoms with E-state index >= 15 is 0 Å². The molecule has 134 valence electrons. The largest absolute Gasteiger partial charge is 0.492 e. The van der Waals surface area contributed by atoms with Crippen LogP contribution in [0.5, 0.6) is 11.5 Å². The van der Waals surface area contributed by atoms with Crippen LogP contribution in [-0.2, 0) is 13.0 Å². The highest BCUT2D eigenvalue weighted by Gasteiger charge is 1.99. The number of benzene rings is 3. The Kier molecular flexibility index (Phi) is 6.54. The first-order chi connectivity index (χ1) is 12.8. The van der Waals surface area contributed by atoms with Gasteiger partial charge in [-0.2, -0.15) is 0 Å². The van der Waals surface area contributed by atoms with Crippen LogP contribution in [0, 0.1) is 0 Å². The van der Waals surface area contributed by atoms with Gasteiger partial charge >= 0.3 is 0 Å². The Hall–Kier alpha value is -2.94. The van der Waals surface area contributed by atoms with E-state index in [4.69, 9.17) is 9.47 Å². The average Bonchev–Trinajstić information content (AvgIpc) is 2.71. The van der Waals surface area contributed by atoms with Crippen molar-refractivity contribution in [3.8, 4) is 11.5 Å². The summed E-state index contributed by atoms with van der Waals surface area (Å²) in [6.45, 7) is 4.07. The quantitative estimate of drug-likeness (QED) is 0.532. The predicted octanol–water partition coefficient (Wildman–Crippen LogP) is 5.32. The normalized spacial score (nSPS) is 10.3. The van der Waals surface area contributed by atoms with Crippen molar-refractivity contribution in [3.63, 3.8) is 0 Å². The van der Waals surface area contributed by atoms with Gasteiger partial charge in [-0.15, -0.1) is 0 Å². The Balaban J connectivity index is 1.43. The minimum Gasteiger partial charge on any atom is -0.492 e. The molecule has 3 nitrogen and oxygen atoms in total. The molecule has 3 rings (SSSR count). The summed E-state index contributed by atoms with van der Waals surface area (Å²) >= 11 is 0. The van der Waals surface area contributed by atoms with Crippen molar-refractivity contribution in [3.05, 3.63) is 90.0 Å². The molecule has 0 aliphatic carbocycles. The van der Waals surface area contributed by atoms with Gasteiger partial charge in [-0.05, 0) is 41.8 Å². The predicted molar refractivity (Wildman–Crippen MR) is 107 cm³/mol. The lowest BCUT2D eigenvalue weighted by Gasteiger charge is -2.11. The van der Waals surface area contributed by atoms with Gasteiger partial charge in [0.15, 0.2) is 0 Å². The molecule has 0 unspecified atom stereocenters. The van der Waals surface area contributed by atoms with Gasteiger partial charge in [-0.25, -0.2) is 0 Å². The molecular formula is C23H25NO2. The van der Waals surface area contributed by atoms with E-state index in [1.165, 1.54) is 5.56 Å². The van der Waals surface area contributed by atoms with E-state index in [1.54, 1.807) is 0 Å². The number of ether oxygens (including phenoxy) is 2. The Morgan fingerprint density at radius 3 is 2.31 bits per heavy atom. The van der Waals surface area contributed by atoms with Crippen LogP contribution in [0.1, 0.15) is 18.1 Å². The Bertz CT molecular complexity index is 785. The van der Waals surface area contributed by atoms with Crippen molar-refractivity contribution in [2.24, 2.45) is 0 Å². The van der Waals surface area contributed by atoms with Gasteiger partial charge in [-0.3, -0.25) is 0 Å². The van der Waals surface area contributed by atoms with Crippen LogP contribution in [0.15, 0.2) is 78.9 Å². The molecule has 26 heavy (non-hydrogen) atoms. The number of hydrogen-bond acceptors (Lipinski definition) is 3. The third kappa shape index (κ3) is 5.55. The topological polar surface area (TPSA) is 30.5 Å². The van der Waals surface area contributed by atoms with Crippen molar-refractivity contribution >= 4 is 5.69 Å². The Labute approximate surface area is 155 Å². The van der Waals surface area contributed by atoms with E-state index in [0.717, 1.165) is 35.7 Å². The third-order valence-electron chi connectivity index (χ3n) is 4.11. The molecule has 0 aliphatic heterocycles. The van der Waals surface area contributed by atoms with Gasteiger partial charge < -0.3 is 14.8 Å². The standard InChI is InChI=1S/C23H25NO2/c1-2-19-11-13-22(14-12-19)25-16-15-24-21-9-6-10-23(17-21)26-18-20-7-4-3-5-8-20/h3-14,17,24H,2,15-16,18H2,1H3. The summed E-state index contributed by atoms with van der Waals surface area (Å²) in [4.78, 5) is 0. The second-order valence-corrected chi connectivity index (χ2v) is 6.07. The zero-order chi connectivity index (χ0) is 18.0. The highest BCUT2D eigenvalue weighted by atomic mass is 16.5. The van der Waals surface area contributed by atoms with E-state index in [0.29, 0.717) is 13.2 Å². The molecule has 3 aromatic carbocycles. The lowest BCUT2D eigenvalue weighted by molar-refractivity contribution is 0.306. The van der Waals surface area contributed by atoms with Crippen LogP contribution in [-0.4, -0.2) is 13.2 Å². The molecule has 0 fully saturated rings. The minimum absolute atomic E-state index is 0.571. The molecule has 0 radical (unpaired) electrons. The molecule has 0 saturated carbocycles. The number of anilines is 1. The lowest BCUT2D eigenvalue weighted by Crippen LogP contribution is -2.11. The van der Waals surface area contributed by atoms with Gasteiger partial charge in [0.1, 0.15) is 24.7 Å². The van der Waals surface area contributed by atoms with Crippen LogP contribution >= 0.6 is 0 Å². The van der Waals surface area contributed by atoms with Crippen LogP contribution in [0.2, 0.25) is 0 Å². The molecule has 0 amide bonds. The smallest absolute Gasteiger partial charge is 0.121 e. The summed E-state index contributed by atoms with van der Waals surface area (Å²) in [6.07, 6.45) is 1.05. The van der Waals surface area contributed by atoms with Gasteiger partial charge in [0.2, 0.25) is 0 Å². The minimum atomic E-state index is 0.571. The summed E-state index contributed by atoms with van der Waals surface area (Å²) in [5.41, 5.74) is 3.51. The number of rotatable bonds is 9. The van der Waals surface area contributed by atoms with Crippen molar-refractivity contribution in [2.75, 3.05) is 18.5 Å². The van der Waals surface area contributed by atoms with Crippen LogP contribution in [0.3, 0.4) is 0 Å². The second kappa shape index (κ2) is 9.52. The molecule has 0 aromatic heterocycles. The van der Waals surface area contributed by atoms with Gasteiger partial charge in [0.25, 0.3) is 0 Å². The highest BCUT2D eigenvalue weighted by Crippen LogP contribution is 2.18. The first-order valence-electron chi connectivity index (χ1n) is 9.06. The average molecular weight is 347 g/mol. The summed E-state index contributed by atoms with van der Waals surface area (Å²) < 4.78 is 11.6. The SMILES string of the molecule is CCc1ccc(OCCNc2cccc(OCc3ccccc3)c2)cc1. The van der Waals surface area contributed by atoms with Gasteiger partial charge in [0.05, 0.1) is 0 Å². The molecular weight excluding hydrogens is 322 g/mol. The summed E-state index contributed by atoms with van der Waals surface area (Å²) in [7, 11) is 0. The summed E-state index contributed by atoms with van der Waals surface area (Å²) in [6, 6.07) is 26.4. The van der Waals surface area contributed by atoms with E-state index in [9.17, 15) is 0 Å². The number of aryl methyl sites for hydroxylation is 1. The maximum Gasteiger partial charge on any atom is 0.121 e. The molecule has 0 saturated heterocycles. The Morgan fingerprint density at radius 1 is 0.731 bits per heavy atom. The molecule has 3 heteroatoms. The van der Waals surface area contributed by atoms with E-state index in [2.05, 4.69) is 36.5 Å². The maximum absolute atomic E-state index is 5.86. The third-order valence-corrected chi connectivity index (χ3v) is 4.11. The summed E-state index contributed by atoms with van der Waals surface area (Å²) in [5, 5.41) is 3.37. The van der Waals surface area contributed by atoms with Gasteiger partial charge in [-0.1, -0.05) is 55.5 Å². The van der Waals surface area contributed by atoms with Crippen molar-refractivity contribution in [1.82, 2.24) is 0 Å². The molecule has 0 heterocycles. The molecule has 0 spiro atoms. The molecule has 1 N–H and O–H groups in total. The zero-order valence-electron chi connectivity index (χ0n) is 15.2. The molecule has 0 bridgehead atoms. The molecule has 3 aromatic rings. The fourth-order valence-corrected chi connectivity index (χ4v) is 2.62. The zero-order valence-corrected chi connectivity index (χ0v) is 15.2. The van der Waals surface area contributed by atoms with E-state index in [1.807, 2.05) is 54.6 Å². The second-order valence-electron chi connectivity index (χ2n) is 6.07. The van der Waals surface area contributed by atoms with Crippen molar-refractivity contribution < 1.29 is 9.47 Å². The highest BCUT2D eigenvalue weighted by molar-refractivity contribution is 5.48. The first kappa shape index (κ1) is 17.9. The number of hydrogen-bond donors (Lipinski definition) is 1. The Morgan fingerprint density at radius 2 is 1.54 bits per heavy atom. The van der Waals surface area contributed by atoms with Gasteiger partial charge in [0, 0.05) is 18.3 Å². The molecule has 0 atom stereocenters. The summed E-state index contributed by atoms with van der Waals surface area (Å²) in [5.74, 6) is 1.76. The molecule has 0 aliphatic rings.